The fraction of sp³-hybridized carbons (Fsp3) is 0.182. The van der Waals surface area contributed by atoms with E-state index < -0.39 is 5.97 Å². The summed E-state index contributed by atoms with van der Waals surface area (Å²) >= 11 is 7.14. The minimum Gasteiger partial charge on any atom is -0.497 e. The van der Waals surface area contributed by atoms with Gasteiger partial charge in [0, 0.05) is 10.8 Å². The summed E-state index contributed by atoms with van der Waals surface area (Å²) in [7, 11) is 3.04. The Morgan fingerprint density at radius 2 is 2.06 bits per heavy atom. The van der Waals surface area contributed by atoms with E-state index in [0.717, 1.165) is 16.0 Å². The van der Waals surface area contributed by atoms with Crippen molar-refractivity contribution in [3.63, 3.8) is 0 Å². The van der Waals surface area contributed by atoms with Crippen LogP contribution in [-0.2, 0) is 0 Å². The maximum Gasteiger partial charge on any atom is 0.347 e. The quantitative estimate of drug-likeness (QED) is 0.932. The molecule has 0 unspecified atom stereocenters. The van der Waals surface area contributed by atoms with Crippen molar-refractivity contribution in [2.24, 2.45) is 0 Å². The highest BCUT2D eigenvalue weighted by Gasteiger charge is 2.20. The third kappa shape index (κ3) is 1.92. The molecular formula is C11H9ClO4S. The molecule has 0 saturated heterocycles. The highest BCUT2D eigenvalue weighted by Crippen LogP contribution is 2.43. The molecule has 0 saturated carbocycles. The number of aromatic carboxylic acids is 1. The van der Waals surface area contributed by atoms with E-state index in [1.165, 1.54) is 14.2 Å². The number of hydrogen-bond acceptors (Lipinski definition) is 4. The maximum atomic E-state index is 11.0. The second-order valence-corrected chi connectivity index (χ2v) is 4.68. The lowest BCUT2D eigenvalue weighted by Gasteiger charge is -2.05. The molecule has 0 spiro atoms. The Morgan fingerprint density at radius 1 is 1.35 bits per heavy atom. The number of benzene rings is 1. The van der Waals surface area contributed by atoms with Gasteiger partial charge in [0.25, 0.3) is 0 Å². The lowest BCUT2D eigenvalue weighted by molar-refractivity contribution is 0.0702. The fourth-order valence-corrected chi connectivity index (χ4v) is 2.97. The molecule has 0 amide bonds. The van der Waals surface area contributed by atoms with Gasteiger partial charge in [-0.25, -0.2) is 4.79 Å². The number of ether oxygens (including phenoxy) is 2. The zero-order valence-corrected chi connectivity index (χ0v) is 10.7. The van der Waals surface area contributed by atoms with Crippen LogP contribution in [0.25, 0.3) is 10.1 Å². The zero-order chi connectivity index (χ0) is 12.6. The first-order valence-electron chi connectivity index (χ1n) is 4.65. The standard InChI is InChI=1S/C11H9ClO4S/c1-15-5-3-6(16-2)8-7(4-5)17-10(9(8)12)11(13)14/h3-4H,1-2H3,(H,13,14). The van der Waals surface area contributed by atoms with Crippen LogP contribution >= 0.6 is 22.9 Å². The molecule has 0 aliphatic rings. The van der Waals surface area contributed by atoms with Gasteiger partial charge in [0.1, 0.15) is 16.4 Å². The van der Waals surface area contributed by atoms with Gasteiger partial charge >= 0.3 is 5.97 Å². The molecule has 1 heterocycles. The number of rotatable bonds is 3. The van der Waals surface area contributed by atoms with E-state index in [1.807, 2.05) is 0 Å². The van der Waals surface area contributed by atoms with Gasteiger partial charge < -0.3 is 14.6 Å². The molecule has 90 valence electrons. The molecule has 2 rings (SSSR count). The molecule has 4 nitrogen and oxygen atoms in total. The third-order valence-electron chi connectivity index (χ3n) is 2.32. The van der Waals surface area contributed by atoms with Crippen molar-refractivity contribution >= 4 is 39.0 Å². The summed E-state index contributed by atoms with van der Waals surface area (Å²) in [6, 6.07) is 3.41. The summed E-state index contributed by atoms with van der Waals surface area (Å²) < 4.78 is 11.0. The molecule has 0 fully saturated rings. The van der Waals surface area contributed by atoms with Crippen LogP contribution in [0.1, 0.15) is 9.67 Å². The number of carboxylic acid groups (broad SMARTS) is 1. The molecule has 0 aliphatic heterocycles. The van der Waals surface area contributed by atoms with E-state index in [-0.39, 0.29) is 9.90 Å². The Labute approximate surface area is 106 Å². The number of hydrogen-bond donors (Lipinski definition) is 1. The monoisotopic (exact) mass is 272 g/mol. The van der Waals surface area contributed by atoms with E-state index in [4.69, 9.17) is 26.2 Å². The molecule has 6 heteroatoms. The van der Waals surface area contributed by atoms with Gasteiger partial charge in [-0.05, 0) is 6.07 Å². The largest absolute Gasteiger partial charge is 0.497 e. The summed E-state index contributed by atoms with van der Waals surface area (Å²) in [4.78, 5) is 11.1. The number of halogens is 1. The molecule has 17 heavy (non-hydrogen) atoms. The van der Waals surface area contributed by atoms with Crippen molar-refractivity contribution in [3.8, 4) is 11.5 Å². The van der Waals surface area contributed by atoms with Crippen LogP contribution < -0.4 is 9.47 Å². The summed E-state index contributed by atoms with van der Waals surface area (Å²) in [5.74, 6) is 0.0644. The van der Waals surface area contributed by atoms with E-state index >= 15 is 0 Å². The molecule has 1 aromatic carbocycles. The van der Waals surface area contributed by atoms with Crippen molar-refractivity contribution in [1.82, 2.24) is 0 Å². The Kier molecular flexibility index (Phi) is 3.13. The number of carbonyl (C=O) groups is 1. The van der Waals surface area contributed by atoms with E-state index in [9.17, 15) is 4.79 Å². The SMILES string of the molecule is COc1cc(OC)c2c(Cl)c(C(=O)O)sc2c1. The number of thiophene rings is 1. The minimum absolute atomic E-state index is 0.105. The predicted molar refractivity (Wildman–Crippen MR) is 66.9 cm³/mol. The Hall–Kier alpha value is -1.46. The van der Waals surface area contributed by atoms with E-state index in [0.29, 0.717) is 16.9 Å². The van der Waals surface area contributed by atoms with Gasteiger partial charge in [-0.15, -0.1) is 11.3 Å². The molecular weight excluding hydrogens is 264 g/mol. The number of carboxylic acids is 1. The van der Waals surface area contributed by atoms with Crippen molar-refractivity contribution in [1.29, 1.82) is 0 Å². The molecule has 0 radical (unpaired) electrons. The molecule has 0 atom stereocenters. The highest BCUT2D eigenvalue weighted by molar-refractivity contribution is 7.21. The van der Waals surface area contributed by atoms with Crippen LogP contribution in [0.5, 0.6) is 11.5 Å². The van der Waals surface area contributed by atoms with Crippen LogP contribution in [0.3, 0.4) is 0 Å². The number of fused-ring (bicyclic) bond motifs is 1. The van der Waals surface area contributed by atoms with Crippen LogP contribution in [0.15, 0.2) is 12.1 Å². The summed E-state index contributed by atoms with van der Waals surface area (Å²) in [6.45, 7) is 0. The average Bonchev–Trinajstić information content (AvgIpc) is 2.65. The van der Waals surface area contributed by atoms with Crippen LogP contribution in [0.4, 0.5) is 0 Å². The van der Waals surface area contributed by atoms with Crippen LogP contribution in [0, 0.1) is 0 Å². The Bertz CT molecular complexity index is 591. The topological polar surface area (TPSA) is 55.8 Å². The lowest BCUT2D eigenvalue weighted by atomic mass is 10.2. The smallest absolute Gasteiger partial charge is 0.347 e. The van der Waals surface area contributed by atoms with Gasteiger partial charge in [-0.3, -0.25) is 0 Å². The van der Waals surface area contributed by atoms with Crippen molar-refractivity contribution in [3.05, 3.63) is 22.0 Å². The minimum atomic E-state index is -1.04. The Balaban J connectivity index is 2.81. The predicted octanol–water partition coefficient (Wildman–Crippen LogP) is 3.27. The summed E-state index contributed by atoms with van der Waals surface area (Å²) in [5, 5.41) is 9.82. The maximum absolute atomic E-state index is 11.0. The summed E-state index contributed by atoms with van der Waals surface area (Å²) in [6.07, 6.45) is 0. The third-order valence-corrected chi connectivity index (χ3v) is 3.94. The van der Waals surface area contributed by atoms with E-state index in [1.54, 1.807) is 12.1 Å². The van der Waals surface area contributed by atoms with Crippen molar-refractivity contribution in [2.45, 2.75) is 0 Å². The van der Waals surface area contributed by atoms with Gasteiger partial charge in [-0.2, -0.15) is 0 Å². The second-order valence-electron chi connectivity index (χ2n) is 3.25. The zero-order valence-electron chi connectivity index (χ0n) is 9.11. The van der Waals surface area contributed by atoms with Gasteiger partial charge in [0.2, 0.25) is 0 Å². The first-order valence-corrected chi connectivity index (χ1v) is 5.85. The van der Waals surface area contributed by atoms with Crippen LogP contribution in [-0.4, -0.2) is 25.3 Å². The summed E-state index contributed by atoms with van der Waals surface area (Å²) in [5.41, 5.74) is 0. The Morgan fingerprint density at radius 3 is 2.59 bits per heavy atom. The lowest BCUT2D eigenvalue weighted by Crippen LogP contribution is -1.92. The van der Waals surface area contributed by atoms with E-state index in [2.05, 4.69) is 0 Å². The van der Waals surface area contributed by atoms with Gasteiger partial charge in [0.15, 0.2) is 0 Å². The molecule has 2 aromatic rings. The highest BCUT2D eigenvalue weighted by atomic mass is 35.5. The van der Waals surface area contributed by atoms with Crippen molar-refractivity contribution in [2.75, 3.05) is 14.2 Å². The van der Waals surface area contributed by atoms with Gasteiger partial charge in [-0.1, -0.05) is 11.6 Å². The molecule has 0 bridgehead atoms. The molecule has 1 N–H and O–H groups in total. The average molecular weight is 273 g/mol. The molecule has 0 aliphatic carbocycles. The van der Waals surface area contributed by atoms with Gasteiger partial charge in [0.05, 0.1) is 24.6 Å². The molecule has 1 aromatic heterocycles. The van der Waals surface area contributed by atoms with Crippen molar-refractivity contribution < 1.29 is 19.4 Å². The fourth-order valence-electron chi connectivity index (χ4n) is 1.55. The first-order chi connectivity index (χ1) is 8.08. The second kappa shape index (κ2) is 4.43. The van der Waals surface area contributed by atoms with Crippen LogP contribution in [0.2, 0.25) is 5.02 Å². The normalized spacial score (nSPS) is 10.5. The number of methoxy groups -OCH3 is 2. The first kappa shape index (κ1) is 12.0.